The summed E-state index contributed by atoms with van der Waals surface area (Å²) in [4.78, 5) is 7.50. The zero-order chi connectivity index (χ0) is 11.5. The minimum atomic E-state index is -0.253. The summed E-state index contributed by atoms with van der Waals surface area (Å²) in [7, 11) is 0. The molecule has 0 aliphatic rings. The summed E-state index contributed by atoms with van der Waals surface area (Å²) in [6.45, 7) is 2.39. The molecule has 0 spiro atoms. The highest BCUT2D eigenvalue weighted by atomic mass is 19.1. The Labute approximate surface area is 93.5 Å². The smallest absolute Gasteiger partial charge is 0.123 e. The summed E-state index contributed by atoms with van der Waals surface area (Å²) in [6.07, 6.45) is 0.818. The van der Waals surface area contributed by atoms with Crippen LogP contribution in [0.4, 0.5) is 4.39 Å². The van der Waals surface area contributed by atoms with E-state index in [9.17, 15) is 4.39 Å². The molecule has 4 heteroatoms. The molecule has 0 saturated carbocycles. The van der Waals surface area contributed by atoms with Crippen LogP contribution in [0.3, 0.4) is 0 Å². The summed E-state index contributed by atoms with van der Waals surface area (Å²) in [5.41, 5.74) is 8.10. The highest BCUT2D eigenvalue weighted by molar-refractivity contribution is 5.62. The van der Waals surface area contributed by atoms with Crippen molar-refractivity contribution in [3.63, 3.8) is 0 Å². The summed E-state index contributed by atoms with van der Waals surface area (Å²) in [5.74, 6) is 0.480. The fourth-order valence-corrected chi connectivity index (χ4v) is 1.69. The van der Waals surface area contributed by atoms with Crippen LogP contribution in [0.1, 0.15) is 18.4 Å². The number of H-pyrrole nitrogens is 1. The number of nitrogens with zero attached hydrogens (tertiary/aromatic N) is 1. The van der Waals surface area contributed by atoms with Gasteiger partial charge < -0.3 is 10.7 Å². The van der Waals surface area contributed by atoms with Gasteiger partial charge in [-0.05, 0) is 18.6 Å². The molecule has 0 saturated heterocycles. The van der Waals surface area contributed by atoms with Crippen LogP contribution in [0, 0.1) is 5.82 Å². The Bertz CT molecular complexity index is 491. The number of nitrogens with two attached hydrogens (primary N) is 1. The van der Waals surface area contributed by atoms with E-state index in [2.05, 4.69) is 9.97 Å². The molecule has 0 aliphatic carbocycles. The van der Waals surface area contributed by atoms with E-state index in [1.165, 1.54) is 12.1 Å². The highest BCUT2D eigenvalue weighted by Crippen LogP contribution is 2.22. The zero-order valence-corrected chi connectivity index (χ0v) is 9.13. The normalized spacial score (nSPS) is 10.7. The molecule has 3 N–H and O–H groups in total. The lowest BCUT2D eigenvalue weighted by atomic mass is 10.1. The maximum Gasteiger partial charge on any atom is 0.123 e. The van der Waals surface area contributed by atoms with Gasteiger partial charge in [0.25, 0.3) is 0 Å². The van der Waals surface area contributed by atoms with Crippen molar-refractivity contribution >= 4 is 0 Å². The lowest BCUT2D eigenvalue weighted by molar-refractivity contribution is 0.628. The summed E-state index contributed by atoms with van der Waals surface area (Å²) in [6, 6.07) is 6.43. The van der Waals surface area contributed by atoms with Crippen LogP contribution in [0.25, 0.3) is 11.3 Å². The quantitative estimate of drug-likeness (QED) is 0.831. The first kappa shape index (κ1) is 10.8. The van der Waals surface area contributed by atoms with Gasteiger partial charge in [-0.1, -0.05) is 19.1 Å². The largest absolute Gasteiger partial charge is 0.344 e. The summed E-state index contributed by atoms with van der Waals surface area (Å²) < 4.78 is 13.1. The van der Waals surface area contributed by atoms with Crippen molar-refractivity contribution in [1.29, 1.82) is 0 Å². The molecule has 0 fully saturated rings. The van der Waals surface area contributed by atoms with Gasteiger partial charge in [-0.15, -0.1) is 0 Å². The van der Waals surface area contributed by atoms with Gasteiger partial charge >= 0.3 is 0 Å². The van der Waals surface area contributed by atoms with Gasteiger partial charge in [-0.25, -0.2) is 9.37 Å². The molecule has 0 amide bonds. The third kappa shape index (κ3) is 1.97. The molecule has 1 aromatic heterocycles. The Morgan fingerprint density at radius 2 is 2.25 bits per heavy atom. The van der Waals surface area contributed by atoms with E-state index in [0.29, 0.717) is 6.54 Å². The molecule has 0 unspecified atom stereocenters. The van der Waals surface area contributed by atoms with Crippen LogP contribution in [0.15, 0.2) is 24.3 Å². The molecule has 84 valence electrons. The number of rotatable bonds is 3. The highest BCUT2D eigenvalue weighted by Gasteiger charge is 2.10. The van der Waals surface area contributed by atoms with E-state index < -0.39 is 0 Å². The van der Waals surface area contributed by atoms with E-state index in [-0.39, 0.29) is 5.82 Å². The number of halogens is 1. The van der Waals surface area contributed by atoms with Crippen molar-refractivity contribution < 1.29 is 4.39 Å². The third-order valence-corrected chi connectivity index (χ3v) is 2.47. The van der Waals surface area contributed by atoms with E-state index in [1.807, 2.05) is 13.0 Å². The average molecular weight is 219 g/mol. The number of hydrogen-bond acceptors (Lipinski definition) is 2. The number of aryl methyl sites for hydroxylation is 1. The summed E-state index contributed by atoms with van der Waals surface area (Å²) >= 11 is 0. The lowest BCUT2D eigenvalue weighted by Gasteiger charge is -1.99. The van der Waals surface area contributed by atoms with Crippen LogP contribution in [-0.2, 0) is 13.0 Å². The second-order valence-electron chi connectivity index (χ2n) is 3.58. The molecule has 0 bridgehead atoms. The Kier molecular flexibility index (Phi) is 3.01. The molecule has 3 nitrogen and oxygen atoms in total. The molecule has 0 aliphatic heterocycles. The first-order chi connectivity index (χ1) is 7.74. The second-order valence-corrected chi connectivity index (χ2v) is 3.58. The van der Waals surface area contributed by atoms with Crippen molar-refractivity contribution in [2.75, 3.05) is 0 Å². The van der Waals surface area contributed by atoms with Gasteiger partial charge in [0.2, 0.25) is 0 Å². The fraction of sp³-hybridized carbons (Fsp3) is 0.250. The number of nitrogens with one attached hydrogen (secondary N) is 1. The minimum absolute atomic E-state index is 0.253. The van der Waals surface area contributed by atoms with E-state index in [1.54, 1.807) is 6.07 Å². The lowest BCUT2D eigenvalue weighted by Crippen LogP contribution is -1.98. The molecule has 2 aromatic rings. The molecule has 0 atom stereocenters. The Balaban J connectivity index is 2.50. The van der Waals surface area contributed by atoms with Gasteiger partial charge in [0.15, 0.2) is 0 Å². The van der Waals surface area contributed by atoms with E-state index in [4.69, 9.17) is 5.73 Å². The predicted octanol–water partition coefficient (Wildman–Crippen LogP) is 2.24. The van der Waals surface area contributed by atoms with Gasteiger partial charge in [-0.3, -0.25) is 0 Å². The SMILES string of the molecule is CCc1[nH]c(CN)nc1-c1cccc(F)c1. The van der Waals surface area contributed by atoms with Crippen LogP contribution < -0.4 is 5.73 Å². The average Bonchev–Trinajstić information content (AvgIpc) is 2.72. The summed E-state index contributed by atoms with van der Waals surface area (Å²) in [5, 5.41) is 0. The molecule has 2 rings (SSSR count). The first-order valence-corrected chi connectivity index (χ1v) is 5.28. The van der Waals surface area contributed by atoms with Crippen molar-refractivity contribution in [3.8, 4) is 11.3 Å². The topological polar surface area (TPSA) is 54.7 Å². The van der Waals surface area contributed by atoms with Gasteiger partial charge in [0, 0.05) is 11.3 Å². The molecule has 0 radical (unpaired) electrons. The maximum atomic E-state index is 13.1. The van der Waals surface area contributed by atoms with Crippen LogP contribution in [-0.4, -0.2) is 9.97 Å². The molecule has 1 aromatic carbocycles. The van der Waals surface area contributed by atoms with Gasteiger partial charge in [0.1, 0.15) is 11.6 Å². The van der Waals surface area contributed by atoms with Gasteiger partial charge in [0.05, 0.1) is 12.2 Å². The van der Waals surface area contributed by atoms with Crippen molar-refractivity contribution in [1.82, 2.24) is 9.97 Å². The van der Waals surface area contributed by atoms with E-state index >= 15 is 0 Å². The Hall–Kier alpha value is -1.68. The van der Waals surface area contributed by atoms with Crippen molar-refractivity contribution in [2.45, 2.75) is 19.9 Å². The number of aromatic amines is 1. The van der Waals surface area contributed by atoms with E-state index in [0.717, 1.165) is 29.2 Å². The maximum absolute atomic E-state index is 13.1. The van der Waals surface area contributed by atoms with Crippen LogP contribution in [0.2, 0.25) is 0 Å². The predicted molar refractivity (Wildman–Crippen MR) is 61.3 cm³/mol. The molecule has 1 heterocycles. The minimum Gasteiger partial charge on any atom is -0.344 e. The Morgan fingerprint density at radius 3 is 2.88 bits per heavy atom. The third-order valence-electron chi connectivity index (χ3n) is 2.47. The van der Waals surface area contributed by atoms with Gasteiger partial charge in [-0.2, -0.15) is 0 Å². The number of benzene rings is 1. The van der Waals surface area contributed by atoms with Crippen molar-refractivity contribution in [2.24, 2.45) is 5.73 Å². The second kappa shape index (κ2) is 4.45. The molecular weight excluding hydrogens is 205 g/mol. The number of aromatic nitrogens is 2. The fourth-order valence-electron chi connectivity index (χ4n) is 1.69. The monoisotopic (exact) mass is 219 g/mol. The van der Waals surface area contributed by atoms with Crippen molar-refractivity contribution in [3.05, 3.63) is 41.6 Å². The van der Waals surface area contributed by atoms with Crippen LogP contribution in [0.5, 0.6) is 0 Å². The number of imidazole rings is 1. The Morgan fingerprint density at radius 1 is 1.44 bits per heavy atom. The zero-order valence-electron chi connectivity index (χ0n) is 9.13. The van der Waals surface area contributed by atoms with Crippen LogP contribution >= 0.6 is 0 Å². The number of hydrogen-bond donors (Lipinski definition) is 2. The molecule has 16 heavy (non-hydrogen) atoms. The first-order valence-electron chi connectivity index (χ1n) is 5.28. The standard InChI is InChI=1S/C12H14FN3/c1-2-10-12(16-11(7-14)15-10)8-4-3-5-9(13)6-8/h3-6H,2,7,14H2,1H3,(H,15,16). The molecular formula is C12H14FN3.